The number of hydrogen-bond acceptors (Lipinski definition) is 4. The lowest BCUT2D eigenvalue weighted by atomic mass is 10.3. The van der Waals surface area contributed by atoms with Crippen LogP contribution in [0.4, 0.5) is 5.69 Å². The lowest BCUT2D eigenvalue weighted by molar-refractivity contribution is 0.476. The summed E-state index contributed by atoms with van der Waals surface area (Å²) < 4.78 is 0.613. The van der Waals surface area contributed by atoms with Crippen LogP contribution in [0.5, 0.6) is 5.75 Å². The second-order valence-corrected chi connectivity index (χ2v) is 3.97. The first-order valence-corrected chi connectivity index (χ1v) is 5.20. The number of rotatable bonds is 2. The Bertz CT molecular complexity index is 512. The van der Waals surface area contributed by atoms with Gasteiger partial charge in [0.2, 0.25) is 0 Å². The van der Waals surface area contributed by atoms with Crippen molar-refractivity contribution in [2.75, 3.05) is 5.32 Å². The van der Waals surface area contributed by atoms with Gasteiger partial charge in [-0.3, -0.25) is 0 Å². The van der Waals surface area contributed by atoms with Crippen LogP contribution in [0.15, 0.2) is 28.4 Å². The van der Waals surface area contributed by atoms with Crippen molar-refractivity contribution < 1.29 is 5.11 Å². The quantitative estimate of drug-likeness (QED) is 0.822. The van der Waals surface area contributed by atoms with Crippen LogP contribution in [0.2, 0.25) is 5.02 Å². The number of anilines is 1. The molecule has 0 saturated heterocycles. The molecule has 1 aromatic rings. The molecule has 4 nitrogen and oxygen atoms in total. The molecule has 0 spiro atoms. The van der Waals surface area contributed by atoms with Crippen LogP contribution in [0, 0.1) is 22.7 Å². The standard InChI is InChI=1S/C10H5BrClN3O/c11-7-1-8(12)10(16)2-9(7)15-5-6(3-13)4-14/h1-2,5,15-16H. The number of allylic oxidation sites excluding steroid dienone is 1. The smallest absolute Gasteiger partial charge is 0.145 e. The summed E-state index contributed by atoms with van der Waals surface area (Å²) in [5, 5.41) is 29.3. The van der Waals surface area contributed by atoms with Crippen molar-refractivity contribution in [2.24, 2.45) is 0 Å². The predicted molar refractivity (Wildman–Crippen MR) is 63.7 cm³/mol. The van der Waals surface area contributed by atoms with E-state index in [-0.39, 0.29) is 16.3 Å². The Balaban J connectivity index is 3.01. The van der Waals surface area contributed by atoms with Gasteiger partial charge < -0.3 is 10.4 Å². The van der Waals surface area contributed by atoms with Crippen LogP contribution in [0.25, 0.3) is 0 Å². The van der Waals surface area contributed by atoms with Gasteiger partial charge in [0.1, 0.15) is 23.5 Å². The van der Waals surface area contributed by atoms with Crippen molar-refractivity contribution in [1.82, 2.24) is 0 Å². The van der Waals surface area contributed by atoms with Crippen LogP contribution in [-0.2, 0) is 0 Å². The second-order valence-electron chi connectivity index (χ2n) is 2.71. The lowest BCUT2D eigenvalue weighted by Gasteiger charge is -2.05. The number of halogens is 2. The average molecular weight is 299 g/mol. The minimum absolute atomic E-state index is 0.0682. The van der Waals surface area contributed by atoms with Crippen molar-refractivity contribution in [3.63, 3.8) is 0 Å². The Hall–Kier alpha value is -1.69. The van der Waals surface area contributed by atoms with Crippen LogP contribution in [0.3, 0.4) is 0 Å². The van der Waals surface area contributed by atoms with E-state index in [1.165, 1.54) is 18.3 Å². The van der Waals surface area contributed by atoms with Crippen molar-refractivity contribution >= 4 is 33.2 Å². The maximum Gasteiger partial charge on any atom is 0.145 e. The fourth-order valence-electron chi connectivity index (χ4n) is 0.888. The number of nitrogens with one attached hydrogen (secondary N) is 1. The molecule has 0 fully saturated rings. The second kappa shape index (κ2) is 5.41. The Labute approximate surface area is 106 Å². The number of nitrogens with zero attached hydrogens (tertiary/aromatic N) is 2. The van der Waals surface area contributed by atoms with E-state index in [0.717, 1.165) is 0 Å². The summed E-state index contributed by atoms with van der Waals surface area (Å²) in [4.78, 5) is 0. The topological polar surface area (TPSA) is 79.8 Å². The molecule has 2 N–H and O–H groups in total. The highest BCUT2D eigenvalue weighted by atomic mass is 79.9. The molecule has 0 aliphatic heterocycles. The minimum atomic E-state index is -0.0868. The third kappa shape index (κ3) is 2.90. The van der Waals surface area contributed by atoms with Gasteiger partial charge in [-0.1, -0.05) is 11.6 Å². The van der Waals surface area contributed by atoms with Crippen LogP contribution in [0.1, 0.15) is 0 Å². The van der Waals surface area contributed by atoms with Crippen molar-refractivity contribution in [1.29, 1.82) is 10.5 Å². The highest BCUT2D eigenvalue weighted by Crippen LogP contribution is 2.33. The maximum absolute atomic E-state index is 9.36. The van der Waals surface area contributed by atoms with E-state index in [2.05, 4.69) is 21.2 Å². The van der Waals surface area contributed by atoms with E-state index in [1.54, 1.807) is 12.1 Å². The third-order valence-electron chi connectivity index (χ3n) is 1.65. The molecular formula is C10H5BrClN3O. The molecule has 6 heteroatoms. The van der Waals surface area contributed by atoms with E-state index >= 15 is 0 Å². The Morgan fingerprint density at radius 1 is 1.44 bits per heavy atom. The van der Waals surface area contributed by atoms with Gasteiger partial charge in [-0.05, 0) is 22.0 Å². The normalized spacial score (nSPS) is 8.75. The highest BCUT2D eigenvalue weighted by molar-refractivity contribution is 9.10. The first-order valence-electron chi connectivity index (χ1n) is 4.03. The van der Waals surface area contributed by atoms with Gasteiger partial charge in [-0.2, -0.15) is 10.5 Å². The number of phenolic OH excluding ortho intramolecular Hbond substituents is 1. The number of phenols is 1. The first kappa shape index (κ1) is 12.4. The van der Waals surface area contributed by atoms with Crippen LogP contribution < -0.4 is 5.32 Å². The molecule has 0 radical (unpaired) electrons. The SMILES string of the molecule is N#CC(C#N)=CNc1cc(O)c(Cl)cc1Br. The zero-order chi connectivity index (χ0) is 12.1. The van der Waals surface area contributed by atoms with Crippen LogP contribution in [-0.4, -0.2) is 5.11 Å². The molecule has 16 heavy (non-hydrogen) atoms. The Kier molecular flexibility index (Phi) is 4.19. The predicted octanol–water partition coefficient (Wildman–Crippen LogP) is 3.15. The van der Waals surface area contributed by atoms with Gasteiger partial charge in [0.25, 0.3) is 0 Å². The monoisotopic (exact) mass is 297 g/mol. The largest absolute Gasteiger partial charge is 0.506 e. The average Bonchev–Trinajstić information content (AvgIpc) is 2.26. The summed E-state index contributed by atoms with van der Waals surface area (Å²) >= 11 is 8.90. The molecule has 0 bridgehead atoms. The van der Waals surface area contributed by atoms with E-state index in [9.17, 15) is 5.11 Å². The fourth-order valence-corrected chi connectivity index (χ4v) is 1.64. The van der Waals surface area contributed by atoms with Crippen molar-refractivity contribution in [3.8, 4) is 17.9 Å². The number of hydrogen-bond donors (Lipinski definition) is 2. The summed E-state index contributed by atoms with van der Waals surface area (Å²) in [5.74, 6) is -0.0868. The molecule has 80 valence electrons. The molecule has 0 aromatic heterocycles. The molecule has 0 saturated carbocycles. The molecule has 0 heterocycles. The van der Waals surface area contributed by atoms with Gasteiger partial charge >= 0.3 is 0 Å². The summed E-state index contributed by atoms with van der Waals surface area (Å²) in [5.41, 5.74) is 0.436. The van der Waals surface area contributed by atoms with Crippen molar-refractivity contribution in [2.45, 2.75) is 0 Å². The molecule has 1 rings (SSSR count). The van der Waals surface area contributed by atoms with E-state index in [4.69, 9.17) is 22.1 Å². The van der Waals surface area contributed by atoms with E-state index < -0.39 is 0 Å². The fraction of sp³-hybridized carbons (Fsp3) is 0. The van der Waals surface area contributed by atoms with E-state index in [1.807, 2.05) is 0 Å². The summed E-state index contributed by atoms with van der Waals surface area (Å²) in [6, 6.07) is 6.29. The summed E-state index contributed by atoms with van der Waals surface area (Å²) in [7, 11) is 0. The molecular weight excluding hydrogens is 293 g/mol. The van der Waals surface area contributed by atoms with Gasteiger partial charge in [0, 0.05) is 16.7 Å². The number of nitriles is 2. The third-order valence-corrected chi connectivity index (χ3v) is 2.61. The maximum atomic E-state index is 9.36. The zero-order valence-electron chi connectivity index (χ0n) is 7.83. The minimum Gasteiger partial charge on any atom is -0.506 e. The van der Waals surface area contributed by atoms with Gasteiger partial charge in [0.05, 0.1) is 10.7 Å². The van der Waals surface area contributed by atoms with Crippen molar-refractivity contribution in [3.05, 3.63) is 33.4 Å². The first-order chi connectivity index (χ1) is 7.58. The zero-order valence-corrected chi connectivity index (χ0v) is 10.2. The highest BCUT2D eigenvalue weighted by Gasteiger charge is 2.05. The molecule has 0 amide bonds. The molecule has 0 aliphatic rings. The van der Waals surface area contributed by atoms with Crippen LogP contribution >= 0.6 is 27.5 Å². The summed E-state index contributed by atoms with van der Waals surface area (Å²) in [6.07, 6.45) is 1.24. The molecule has 1 aromatic carbocycles. The van der Waals surface area contributed by atoms with Gasteiger partial charge in [-0.15, -0.1) is 0 Å². The molecule has 0 unspecified atom stereocenters. The molecule has 0 atom stereocenters. The summed E-state index contributed by atoms with van der Waals surface area (Å²) in [6.45, 7) is 0. The Morgan fingerprint density at radius 3 is 2.62 bits per heavy atom. The number of aromatic hydroxyl groups is 1. The van der Waals surface area contributed by atoms with Gasteiger partial charge in [0.15, 0.2) is 0 Å². The Morgan fingerprint density at radius 2 is 2.06 bits per heavy atom. The van der Waals surface area contributed by atoms with Gasteiger partial charge in [-0.25, -0.2) is 0 Å². The van der Waals surface area contributed by atoms with E-state index in [0.29, 0.717) is 10.2 Å². The lowest BCUT2D eigenvalue weighted by Crippen LogP contribution is -1.91. The molecule has 0 aliphatic carbocycles. The number of benzene rings is 1.